The van der Waals surface area contributed by atoms with Crippen molar-refractivity contribution in [3.05, 3.63) is 46.7 Å². The van der Waals surface area contributed by atoms with Gasteiger partial charge in [-0.3, -0.25) is 0 Å². The molecule has 0 aliphatic heterocycles. The van der Waals surface area contributed by atoms with Gasteiger partial charge in [-0.15, -0.1) is 0 Å². The molecular formula is C15H13ClO4. The van der Waals surface area contributed by atoms with Crippen LogP contribution in [0.2, 0.25) is 5.02 Å². The number of ether oxygens (including phenoxy) is 1. The Morgan fingerprint density at radius 2 is 2.10 bits per heavy atom. The second-order valence-electron chi connectivity index (χ2n) is 4.18. The van der Waals surface area contributed by atoms with E-state index >= 15 is 0 Å². The molecule has 0 fully saturated rings. The van der Waals surface area contributed by atoms with E-state index in [9.17, 15) is 4.79 Å². The van der Waals surface area contributed by atoms with Crippen LogP contribution in [-0.4, -0.2) is 18.2 Å². The van der Waals surface area contributed by atoms with Crippen LogP contribution < -0.4 is 4.74 Å². The second-order valence-corrected chi connectivity index (χ2v) is 4.59. The summed E-state index contributed by atoms with van der Waals surface area (Å²) in [5, 5.41) is 9.31. The van der Waals surface area contributed by atoms with Crippen LogP contribution in [0.25, 0.3) is 17.4 Å². The summed E-state index contributed by atoms with van der Waals surface area (Å²) in [7, 11) is 1.55. The van der Waals surface area contributed by atoms with E-state index in [2.05, 4.69) is 0 Å². The van der Waals surface area contributed by atoms with Crippen molar-refractivity contribution in [2.24, 2.45) is 0 Å². The normalized spacial score (nSPS) is 11.4. The summed E-state index contributed by atoms with van der Waals surface area (Å²) in [6.45, 7) is 1.51. The molecule has 1 aromatic carbocycles. The van der Waals surface area contributed by atoms with Crippen LogP contribution in [-0.2, 0) is 4.79 Å². The van der Waals surface area contributed by atoms with Crippen LogP contribution in [0.4, 0.5) is 0 Å². The van der Waals surface area contributed by atoms with Crippen LogP contribution in [0.15, 0.2) is 40.3 Å². The van der Waals surface area contributed by atoms with Gasteiger partial charge in [0, 0.05) is 11.1 Å². The van der Waals surface area contributed by atoms with Crippen LogP contribution in [0, 0.1) is 0 Å². The highest BCUT2D eigenvalue weighted by Gasteiger charge is 2.08. The Bertz CT molecular complexity index is 670. The first kappa shape index (κ1) is 14.2. The fourth-order valence-corrected chi connectivity index (χ4v) is 1.94. The molecule has 0 spiro atoms. The Balaban J connectivity index is 2.31. The van der Waals surface area contributed by atoms with Gasteiger partial charge < -0.3 is 14.3 Å². The second kappa shape index (κ2) is 5.84. The first-order chi connectivity index (χ1) is 9.51. The monoisotopic (exact) mass is 292 g/mol. The maximum Gasteiger partial charge on any atom is 0.331 e. The molecule has 0 saturated carbocycles. The molecule has 4 nitrogen and oxygen atoms in total. The largest absolute Gasteiger partial charge is 0.495 e. The molecule has 1 aromatic heterocycles. The van der Waals surface area contributed by atoms with Gasteiger partial charge in [0.1, 0.15) is 17.3 Å². The quantitative estimate of drug-likeness (QED) is 0.862. The Morgan fingerprint density at radius 1 is 1.35 bits per heavy atom. The topological polar surface area (TPSA) is 59.7 Å². The van der Waals surface area contributed by atoms with E-state index in [0.29, 0.717) is 22.3 Å². The van der Waals surface area contributed by atoms with Gasteiger partial charge in [-0.2, -0.15) is 0 Å². The predicted octanol–water partition coefficient (Wildman–Crippen LogP) is 4.10. The van der Waals surface area contributed by atoms with E-state index in [-0.39, 0.29) is 5.57 Å². The molecule has 2 aromatic rings. The summed E-state index contributed by atoms with van der Waals surface area (Å²) < 4.78 is 10.7. The number of rotatable bonds is 4. The fourth-order valence-electron chi connectivity index (χ4n) is 1.68. The molecule has 2 rings (SSSR count). The molecule has 0 amide bonds. The van der Waals surface area contributed by atoms with Crippen molar-refractivity contribution in [3.8, 4) is 17.1 Å². The highest BCUT2D eigenvalue weighted by atomic mass is 35.5. The molecule has 0 aliphatic rings. The smallest absolute Gasteiger partial charge is 0.331 e. The van der Waals surface area contributed by atoms with Crippen LogP contribution in [0.5, 0.6) is 5.75 Å². The van der Waals surface area contributed by atoms with Crippen LogP contribution >= 0.6 is 11.6 Å². The minimum absolute atomic E-state index is 0.207. The molecule has 1 heterocycles. The molecule has 0 bridgehead atoms. The van der Waals surface area contributed by atoms with Crippen molar-refractivity contribution in [2.75, 3.05) is 7.11 Å². The van der Waals surface area contributed by atoms with E-state index in [0.717, 1.165) is 5.56 Å². The van der Waals surface area contributed by atoms with E-state index in [1.165, 1.54) is 13.0 Å². The molecule has 0 atom stereocenters. The zero-order valence-corrected chi connectivity index (χ0v) is 11.8. The Labute approximate surface area is 121 Å². The summed E-state index contributed by atoms with van der Waals surface area (Å²) in [5.74, 6) is 0.699. The van der Waals surface area contributed by atoms with Gasteiger partial charge in [-0.25, -0.2) is 4.79 Å². The third-order valence-corrected chi connectivity index (χ3v) is 3.05. The molecule has 5 heteroatoms. The number of furan rings is 1. The summed E-state index contributed by atoms with van der Waals surface area (Å²) in [6.07, 6.45) is 1.47. The van der Waals surface area contributed by atoms with E-state index < -0.39 is 5.97 Å². The van der Waals surface area contributed by atoms with Gasteiger partial charge in [-0.05, 0) is 43.3 Å². The first-order valence-corrected chi connectivity index (χ1v) is 6.24. The Morgan fingerprint density at radius 3 is 2.70 bits per heavy atom. The van der Waals surface area contributed by atoms with Gasteiger partial charge in [0.2, 0.25) is 0 Å². The SMILES string of the molecule is COc1ccc(-c2ccc(/C=C(\C)C(=O)O)o2)cc1Cl. The summed E-state index contributed by atoms with van der Waals surface area (Å²) in [5.41, 5.74) is 1.00. The number of methoxy groups -OCH3 is 1. The lowest BCUT2D eigenvalue weighted by Gasteiger charge is -2.04. The minimum Gasteiger partial charge on any atom is -0.495 e. The number of hydrogen-bond acceptors (Lipinski definition) is 3. The lowest BCUT2D eigenvalue weighted by molar-refractivity contribution is -0.132. The number of carbonyl (C=O) groups is 1. The molecule has 0 aliphatic carbocycles. The number of aliphatic carboxylic acids is 1. The molecular weight excluding hydrogens is 280 g/mol. The number of carboxylic acid groups (broad SMARTS) is 1. The predicted molar refractivity (Wildman–Crippen MR) is 77.0 cm³/mol. The average molecular weight is 293 g/mol. The maximum absolute atomic E-state index is 10.8. The number of hydrogen-bond donors (Lipinski definition) is 1. The van der Waals surface area contributed by atoms with Crippen molar-refractivity contribution in [1.29, 1.82) is 0 Å². The van der Waals surface area contributed by atoms with E-state index in [1.807, 2.05) is 6.07 Å². The number of benzene rings is 1. The van der Waals surface area contributed by atoms with Gasteiger partial charge in [0.15, 0.2) is 0 Å². The third-order valence-electron chi connectivity index (χ3n) is 2.76. The molecule has 104 valence electrons. The standard InChI is InChI=1S/C15H13ClO4/c1-9(15(17)18)7-11-4-6-13(20-11)10-3-5-14(19-2)12(16)8-10/h3-8H,1-2H3,(H,17,18)/b9-7+. The maximum atomic E-state index is 10.8. The van der Waals surface area contributed by atoms with E-state index in [1.54, 1.807) is 31.4 Å². The molecule has 1 N–H and O–H groups in total. The van der Waals surface area contributed by atoms with Gasteiger partial charge in [0.05, 0.1) is 12.1 Å². The molecule has 0 unspecified atom stereocenters. The zero-order valence-electron chi connectivity index (χ0n) is 11.0. The first-order valence-electron chi connectivity index (χ1n) is 5.86. The van der Waals surface area contributed by atoms with Crippen LogP contribution in [0.1, 0.15) is 12.7 Å². The lowest BCUT2D eigenvalue weighted by Crippen LogP contribution is -1.94. The number of halogens is 1. The lowest BCUT2D eigenvalue weighted by atomic mass is 10.1. The highest BCUT2D eigenvalue weighted by Crippen LogP contribution is 2.31. The van der Waals surface area contributed by atoms with Crippen molar-refractivity contribution >= 4 is 23.6 Å². The number of carboxylic acids is 1. The molecule has 0 radical (unpaired) electrons. The minimum atomic E-state index is -0.976. The molecule has 0 saturated heterocycles. The third kappa shape index (κ3) is 3.03. The van der Waals surface area contributed by atoms with Crippen molar-refractivity contribution in [2.45, 2.75) is 6.92 Å². The van der Waals surface area contributed by atoms with Crippen molar-refractivity contribution in [3.63, 3.8) is 0 Å². The van der Waals surface area contributed by atoms with Crippen molar-refractivity contribution < 1.29 is 19.1 Å². The van der Waals surface area contributed by atoms with E-state index in [4.69, 9.17) is 25.9 Å². The Kier molecular flexibility index (Phi) is 4.15. The van der Waals surface area contributed by atoms with Gasteiger partial charge in [0.25, 0.3) is 0 Å². The Hall–Kier alpha value is -2.20. The van der Waals surface area contributed by atoms with Crippen molar-refractivity contribution in [1.82, 2.24) is 0 Å². The fraction of sp³-hybridized carbons (Fsp3) is 0.133. The summed E-state index contributed by atoms with van der Waals surface area (Å²) in [4.78, 5) is 10.8. The zero-order chi connectivity index (χ0) is 14.7. The van der Waals surface area contributed by atoms with Gasteiger partial charge >= 0.3 is 5.97 Å². The highest BCUT2D eigenvalue weighted by molar-refractivity contribution is 6.32. The van der Waals surface area contributed by atoms with Gasteiger partial charge in [-0.1, -0.05) is 11.6 Å². The summed E-state index contributed by atoms with van der Waals surface area (Å²) >= 11 is 6.06. The molecule has 20 heavy (non-hydrogen) atoms. The average Bonchev–Trinajstić information content (AvgIpc) is 2.87. The summed E-state index contributed by atoms with van der Waals surface area (Å²) in [6, 6.07) is 8.77. The van der Waals surface area contributed by atoms with Crippen LogP contribution in [0.3, 0.4) is 0 Å².